The number of rotatable bonds is 5. The van der Waals surface area contributed by atoms with Crippen molar-refractivity contribution in [2.45, 2.75) is 39.3 Å². The Morgan fingerprint density at radius 2 is 2.07 bits per heavy atom. The van der Waals surface area contributed by atoms with E-state index >= 15 is 0 Å². The molecule has 146 valence electrons. The summed E-state index contributed by atoms with van der Waals surface area (Å²) in [7, 11) is 1.95. The minimum absolute atomic E-state index is 0.187. The van der Waals surface area contributed by atoms with E-state index in [1.54, 1.807) is 12.1 Å². The molecule has 1 aromatic heterocycles. The van der Waals surface area contributed by atoms with Gasteiger partial charge in [0.15, 0.2) is 11.8 Å². The summed E-state index contributed by atoms with van der Waals surface area (Å²) in [6.07, 6.45) is 1.95. The highest BCUT2D eigenvalue weighted by atomic mass is 19.1. The van der Waals surface area contributed by atoms with Crippen molar-refractivity contribution in [3.8, 4) is 0 Å². The average Bonchev–Trinajstić information content (AvgIpc) is 2.99. The van der Waals surface area contributed by atoms with Crippen LogP contribution in [0.2, 0.25) is 0 Å². The Morgan fingerprint density at radius 3 is 2.70 bits per heavy atom. The molecule has 1 aliphatic rings. The van der Waals surface area contributed by atoms with Crippen molar-refractivity contribution in [1.82, 2.24) is 25.4 Å². The molecule has 2 heterocycles. The van der Waals surface area contributed by atoms with Crippen molar-refractivity contribution in [3.63, 3.8) is 0 Å². The summed E-state index contributed by atoms with van der Waals surface area (Å²) < 4.78 is 15.4. The lowest BCUT2D eigenvalue weighted by Gasteiger charge is -2.34. The summed E-state index contributed by atoms with van der Waals surface area (Å²) >= 11 is 0. The standard InChI is InChI=1S/C19H28FN7/c1-4-21-19(22-13-18-25-24-14(2)26(18)3)23-16-8-10-27(11-9-16)17-7-5-6-15(20)12-17/h5-7,12,16H,4,8-11,13H2,1-3H3,(H2,21,22,23). The second kappa shape index (κ2) is 8.83. The number of aromatic nitrogens is 3. The Kier molecular flexibility index (Phi) is 6.26. The van der Waals surface area contributed by atoms with Crippen LogP contribution in [0.25, 0.3) is 0 Å². The number of guanidine groups is 1. The predicted molar refractivity (Wildman–Crippen MR) is 105 cm³/mol. The summed E-state index contributed by atoms with van der Waals surface area (Å²) in [5.41, 5.74) is 0.951. The van der Waals surface area contributed by atoms with Gasteiger partial charge >= 0.3 is 0 Å². The van der Waals surface area contributed by atoms with Crippen molar-refractivity contribution in [1.29, 1.82) is 0 Å². The van der Waals surface area contributed by atoms with E-state index in [0.29, 0.717) is 12.6 Å². The molecule has 3 rings (SSSR count). The molecule has 0 atom stereocenters. The molecule has 2 aromatic rings. The van der Waals surface area contributed by atoms with Gasteiger partial charge in [-0.15, -0.1) is 10.2 Å². The summed E-state index contributed by atoms with van der Waals surface area (Å²) in [5, 5.41) is 15.0. The van der Waals surface area contributed by atoms with Crippen LogP contribution in [0.15, 0.2) is 29.3 Å². The van der Waals surface area contributed by atoms with Gasteiger partial charge in [-0.2, -0.15) is 0 Å². The van der Waals surface area contributed by atoms with Crippen LogP contribution in [0.3, 0.4) is 0 Å². The van der Waals surface area contributed by atoms with E-state index in [-0.39, 0.29) is 5.82 Å². The number of aryl methyl sites for hydroxylation is 1. The number of piperidine rings is 1. The van der Waals surface area contributed by atoms with Crippen LogP contribution in [0.4, 0.5) is 10.1 Å². The highest BCUT2D eigenvalue weighted by Crippen LogP contribution is 2.20. The molecule has 0 spiro atoms. The van der Waals surface area contributed by atoms with E-state index in [4.69, 9.17) is 0 Å². The van der Waals surface area contributed by atoms with Crippen molar-refractivity contribution < 1.29 is 4.39 Å². The van der Waals surface area contributed by atoms with E-state index in [9.17, 15) is 4.39 Å². The van der Waals surface area contributed by atoms with Crippen molar-refractivity contribution in [2.24, 2.45) is 12.0 Å². The van der Waals surface area contributed by atoms with Gasteiger partial charge in [-0.3, -0.25) is 0 Å². The topological polar surface area (TPSA) is 70.4 Å². The fraction of sp³-hybridized carbons (Fsp3) is 0.526. The van der Waals surface area contributed by atoms with Gasteiger partial charge < -0.3 is 20.1 Å². The first-order valence-corrected chi connectivity index (χ1v) is 9.47. The second-order valence-corrected chi connectivity index (χ2v) is 6.80. The quantitative estimate of drug-likeness (QED) is 0.620. The van der Waals surface area contributed by atoms with E-state index in [0.717, 1.165) is 55.8 Å². The number of hydrogen-bond donors (Lipinski definition) is 2. The van der Waals surface area contributed by atoms with Gasteiger partial charge in [0.2, 0.25) is 0 Å². The average molecular weight is 373 g/mol. The van der Waals surface area contributed by atoms with E-state index in [1.165, 1.54) is 6.07 Å². The van der Waals surface area contributed by atoms with E-state index < -0.39 is 0 Å². The molecule has 0 radical (unpaired) electrons. The van der Waals surface area contributed by atoms with Crippen molar-refractivity contribution in [2.75, 3.05) is 24.5 Å². The van der Waals surface area contributed by atoms with Gasteiger partial charge in [0.1, 0.15) is 18.2 Å². The molecule has 1 aliphatic heterocycles. The Hall–Kier alpha value is -2.64. The highest BCUT2D eigenvalue weighted by Gasteiger charge is 2.20. The van der Waals surface area contributed by atoms with Crippen LogP contribution >= 0.6 is 0 Å². The van der Waals surface area contributed by atoms with Crippen LogP contribution in [-0.4, -0.2) is 46.4 Å². The summed E-state index contributed by atoms with van der Waals surface area (Å²) in [6.45, 7) is 7.04. The van der Waals surface area contributed by atoms with Gasteiger partial charge in [0, 0.05) is 38.4 Å². The molecule has 0 saturated carbocycles. The van der Waals surface area contributed by atoms with Gasteiger partial charge in [-0.25, -0.2) is 9.38 Å². The zero-order chi connectivity index (χ0) is 19.2. The number of aliphatic imine (C=N–C) groups is 1. The first-order valence-electron chi connectivity index (χ1n) is 9.47. The Bertz CT molecular complexity index is 778. The molecule has 0 aliphatic carbocycles. The van der Waals surface area contributed by atoms with Crippen molar-refractivity contribution in [3.05, 3.63) is 41.7 Å². The van der Waals surface area contributed by atoms with Crippen LogP contribution in [0, 0.1) is 12.7 Å². The Balaban J connectivity index is 1.56. The maximum Gasteiger partial charge on any atom is 0.191 e. The SMILES string of the molecule is CCNC(=NCc1nnc(C)n1C)NC1CCN(c2cccc(F)c2)CC1. The Morgan fingerprint density at radius 1 is 1.30 bits per heavy atom. The number of hydrogen-bond acceptors (Lipinski definition) is 4. The molecular formula is C19H28FN7. The highest BCUT2D eigenvalue weighted by molar-refractivity contribution is 5.80. The van der Waals surface area contributed by atoms with E-state index in [2.05, 4.69) is 37.6 Å². The smallest absolute Gasteiger partial charge is 0.191 e. The molecule has 27 heavy (non-hydrogen) atoms. The lowest BCUT2D eigenvalue weighted by molar-refractivity contribution is 0.461. The summed E-state index contributed by atoms with van der Waals surface area (Å²) in [6, 6.07) is 7.15. The lowest BCUT2D eigenvalue weighted by atomic mass is 10.0. The molecule has 0 unspecified atom stereocenters. The summed E-state index contributed by atoms with van der Waals surface area (Å²) in [4.78, 5) is 6.88. The zero-order valence-corrected chi connectivity index (χ0v) is 16.2. The molecule has 1 saturated heterocycles. The maximum atomic E-state index is 13.4. The zero-order valence-electron chi connectivity index (χ0n) is 16.2. The molecule has 0 bridgehead atoms. The fourth-order valence-electron chi connectivity index (χ4n) is 3.21. The monoisotopic (exact) mass is 373 g/mol. The molecule has 8 heteroatoms. The predicted octanol–water partition coefficient (Wildman–Crippen LogP) is 1.99. The first-order chi connectivity index (χ1) is 13.1. The van der Waals surface area contributed by atoms with Gasteiger partial charge in [-0.1, -0.05) is 6.07 Å². The Labute approximate surface area is 159 Å². The van der Waals surface area contributed by atoms with E-state index in [1.807, 2.05) is 24.6 Å². The minimum atomic E-state index is -0.187. The van der Waals surface area contributed by atoms with Gasteiger partial charge in [-0.05, 0) is 44.9 Å². The minimum Gasteiger partial charge on any atom is -0.371 e. The molecule has 7 nitrogen and oxygen atoms in total. The third-order valence-electron chi connectivity index (χ3n) is 4.91. The molecule has 1 aromatic carbocycles. The summed E-state index contributed by atoms with van der Waals surface area (Å²) in [5.74, 6) is 2.32. The largest absolute Gasteiger partial charge is 0.371 e. The van der Waals surface area contributed by atoms with Crippen LogP contribution < -0.4 is 15.5 Å². The molecular weight excluding hydrogens is 345 g/mol. The molecule has 2 N–H and O–H groups in total. The number of halogens is 1. The third-order valence-corrected chi connectivity index (χ3v) is 4.91. The molecule has 0 amide bonds. The van der Waals surface area contributed by atoms with Crippen LogP contribution in [-0.2, 0) is 13.6 Å². The number of anilines is 1. The van der Waals surface area contributed by atoms with Crippen LogP contribution in [0.5, 0.6) is 0 Å². The number of benzene rings is 1. The van der Waals surface area contributed by atoms with Gasteiger partial charge in [0.05, 0.1) is 0 Å². The third kappa shape index (κ3) is 4.96. The van der Waals surface area contributed by atoms with Crippen molar-refractivity contribution >= 4 is 11.6 Å². The lowest BCUT2D eigenvalue weighted by Crippen LogP contribution is -2.48. The first kappa shape index (κ1) is 19.1. The fourth-order valence-corrected chi connectivity index (χ4v) is 3.21. The second-order valence-electron chi connectivity index (χ2n) is 6.80. The molecule has 1 fully saturated rings. The van der Waals surface area contributed by atoms with Crippen LogP contribution in [0.1, 0.15) is 31.4 Å². The maximum absolute atomic E-state index is 13.4. The number of nitrogens with one attached hydrogen (secondary N) is 2. The van der Waals surface area contributed by atoms with Gasteiger partial charge in [0.25, 0.3) is 0 Å². The normalized spacial score (nSPS) is 15.9. The number of nitrogens with zero attached hydrogens (tertiary/aromatic N) is 5.